The summed E-state index contributed by atoms with van der Waals surface area (Å²) in [6, 6.07) is 8.95. The molecule has 4 aliphatic carbocycles. The summed E-state index contributed by atoms with van der Waals surface area (Å²) < 4.78 is 12.7. The average molecular weight is 637 g/mol. The molecule has 7 rings (SSSR count). The van der Waals surface area contributed by atoms with Crippen molar-refractivity contribution in [2.24, 2.45) is 40.6 Å². The number of carbonyl (C=O) groups excluding carboxylic acids is 2. The van der Waals surface area contributed by atoms with Gasteiger partial charge in [-0.2, -0.15) is 10.1 Å². The van der Waals surface area contributed by atoms with Crippen LogP contribution in [-0.4, -0.2) is 29.6 Å². The van der Waals surface area contributed by atoms with Gasteiger partial charge in [0.25, 0.3) is 11.8 Å². The Morgan fingerprint density at radius 1 is 1.06 bits per heavy atom. The van der Waals surface area contributed by atoms with Crippen LogP contribution in [0.4, 0.5) is 0 Å². The zero-order valence-corrected chi connectivity index (χ0v) is 23.0. The van der Waals surface area contributed by atoms with Gasteiger partial charge >= 0.3 is 0 Å². The Labute approximate surface area is 232 Å². The van der Waals surface area contributed by atoms with Crippen LogP contribution in [0.5, 0.6) is 11.5 Å². The van der Waals surface area contributed by atoms with Gasteiger partial charge in [0, 0.05) is 15.6 Å². The molecule has 9 heteroatoms. The Morgan fingerprint density at radius 3 is 2.39 bits per heavy atom. The van der Waals surface area contributed by atoms with Crippen molar-refractivity contribution in [2.75, 3.05) is 6.61 Å². The standard InChI is InChI=1S/C27H23Cl2IN2O4/c1-2-35-22-8-13(7-21(30)25(22)36-12-14-3-4-15(28)9-20(14)29)11-31-32-26(33)23-16-5-6-17(19-10-18(16)19)24(23)27(32)34/h3-9,11,16-19,23-24H,2,10,12H2,1H3/t16-,17-,18-,19-,23-,24+/m0/s1. The molecule has 2 saturated carbocycles. The van der Waals surface area contributed by atoms with Gasteiger partial charge in [-0.25, -0.2) is 0 Å². The number of hydrazone groups is 1. The van der Waals surface area contributed by atoms with E-state index in [-0.39, 0.29) is 42.1 Å². The van der Waals surface area contributed by atoms with Crippen LogP contribution in [0.3, 0.4) is 0 Å². The summed E-state index contributed by atoms with van der Waals surface area (Å²) >= 11 is 14.5. The Balaban J connectivity index is 1.22. The monoisotopic (exact) mass is 636 g/mol. The molecule has 6 nitrogen and oxygen atoms in total. The first-order valence-electron chi connectivity index (χ1n) is 12.0. The van der Waals surface area contributed by atoms with Gasteiger partial charge in [-0.15, -0.1) is 0 Å². The normalized spacial score (nSPS) is 29.6. The van der Waals surface area contributed by atoms with Crippen molar-refractivity contribution in [3.8, 4) is 11.5 Å². The van der Waals surface area contributed by atoms with E-state index in [0.717, 1.165) is 20.6 Å². The number of halogens is 3. The van der Waals surface area contributed by atoms with Crippen molar-refractivity contribution in [1.29, 1.82) is 0 Å². The molecule has 1 saturated heterocycles. The molecule has 3 fully saturated rings. The first-order valence-corrected chi connectivity index (χ1v) is 13.8. The van der Waals surface area contributed by atoms with E-state index in [1.54, 1.807) is 24.4 Å². The number of amides is 2. The third kappa shape index (κ3) is 4.03. The average Bonchev–Trinajstić information content (AvgIpc) is 3.63. The fourth-order valence-electron chi connectivity index (χ4n) is 6.03. The molecule has 36 heavy (non-hydrogen) atoms. The number of benzene rings is 2. The van der Waals surface area contributed by atoms with E-state index in [2.05, 4.69) is 39.8 Å². The molecule has 186 valence electrons. The number of carbonyl (C=O) groups is 2. The van der Waals surface area contributed by atoms with Gasteiger partial charge in [0.1, 0.15) is 6.61 Å². The second kappa shape index (κ2) is 9.33. The summed E-state index contributed by atoms with van der Waals surface area (Å²) in [5.41, 5.74) is 1.51. The van der Waals surface area contributed by atoms with Crippen LogP contribution in [-0.2, 0) is 16.2 Å². The predicted octanol–water partition coefficient (Wildman–Crippen LogP) is 5.96. The Hall–Kier alpha value is -2.10. The second-order valence-electron chi connectivity index (χ2n) is 9.67. The first-order chi connectivity index (χ1) is 17.4. The molecule has 6 atom stereocenters. The minimum atomic E-state index is -0.261. The highest BCUT2D eigenvalue weighted by Gasteiger charge is 2.67. The zero-order valence-electron chi connectivity index (χ0n) is 19.4. The van der Waals surface area contributed by atoms with Gasteiger partial charge in [0.05, 0.1) is 28.2 Å². The van der Waals surface area contributed by atoms with E-state index in [0.29, 0.717) is 45.6 Å². The number of allylic oxidation sites excluding steroid dienone is 2. The number of hydrogen-bond acceptors (Lipinski definition) is 5. The van der Waals surface area contributed by atoms with Crippen molar-refractivity contribution in [2.45, 2.75) is 20.0 Å². The van der Waals surface area contributed by atoms with Gasteiger partial charge in [-0.1, -0.05) is 41.4 Å². The summed E-state index contributed by atoms with van der Waals surface area (Å²) in [6.07, 6.45) is 7.00. The maximum absolute atomic E-state index is 13.2. The molecule has 0 unspecified atom stereocenters. The van der Waals surface area contributed by atoms with Crippen LogP contribution in [0.1, 0.15) is 24.5 Å². The smallest absolute Gasteiger partial charge is 0.254 e. The molecule has 0 spiro atoms. The van der Waals surface area contributed by atoms with Gasteiger partial charge in [-0.05, 0) is 89.4 Å². The SMILES string of the molecule is CCOc1cc(C=NN2C(=O)[C@@H]3[C@H]4C=C[C@@H]([C@@H]5C[C@@H]45)[C@@H]3C2=O)cc(I)c1OCc1ccc(Cl)cc1Cl. The lowest BCUT2D eigenvalue weighted by atomic mass is 9.63. The molecule has 1 heterocycles. The van der Waals surface area contributed by atoms with Gasteiger partial charge in [0.15, 0.2) is 11.5 Å². The number of rotatable bonds is 7. The largest absolute Gasteiger partial charge is 0.490 e. The van der Waals surface area contributed by atoms with Crippen molar-refractivity contribution in [3.05, 3.63) is 67.2 Å². The number of ether oxygens (including phenoxy) is 2. The Bertz CT molecular complexity index is 1290. The molecule has 0 aromatic heterocycles. The number of nitrogens with zero attached hydrogens (tertiary/aromatic N) is 2. The summed E-state index contributed by atoms with van der Waals surface area (Å²) in [5.74, 6) is 1.74. The molecular formula is C27H23Cl2IN2O4. The molecule has 2 bridgehead atoms. The molecular weight excluding hydrogens is 614 g/mol. The predicted molar refractivity (Wildman–Crippen MR) is 145 cm³/mol. The summed E-state index contributed by atoms with van der Waals surface area (Å²) in [7, 11) is 0. The lowest BCUT2D eigenvalue weighted by Gasteiger charge is -2.37. The molecule has 2 amide bonds. The summed E-state index contributed by atoms with van der Waals surface area (Å²) in [4.78, 5) is 26.4. The molecule has 2 aromatic rings. The topological polar surface area (TPSA) is 68.2 Å². The third-order valence-corrected chi connectivity index (χ3v) is 9.07. The van der Waals surface area contributed by atoms with Gasteiger partial charge < -0.3 is 9.47 Å². The second-order valence-corrected chi connectivity index (χ2v) is 11.7. The number of hydrogen-bond donors (Lipinski definition) is 0. The first kappa shape index (κ1) is 24.2. The molecule has 1 aliphatic heterocycles. The van der Waals surface area contributed by atoms with Crippen molar-refractivity contribution < 1.29 is 19.1 Å². The molecule has 0 radical (unpaired) electrons. The van der Waals surface area contributed by atoms with E-state index in [4.69, 9.17) is 32.7 Å². The fourth-order valence-corrected chi connectivity index (χ4v) is 7.28. The zero-order chi connectivity index (χ0) is 25.1. The number of imide groups is 1. The van der Waals surface area contributed by atoms with Crippen LogP contribution < -0.4 is 9.47 Å². The van der Waals surface area contributed by atoms with E-state index in [1.165, 1.54) is 0 Å². The van der Waals surface area contributed by atoms with E-state index < -0.39 is 0 Å². The van der Waals surface area contributed by atoms with Crippen LogP contribution in [0.2, 0.25) is 10.0 Å². The Morgan fingerprint density at radius 2 is 1.75 bits per heavy atom. The Kier molecular flexibility index (Phi) is 6.29. The molecule has 5 aliphatic rings. The maximum atomic E-state index is 13.2. The van der Waals surface area contributed by atoms with Crippen molar-refractivity contribution in [1.82, 2.24) is 5.01 Å². The highest BCUT2D eigenvalue weighted by Crippen LogP contribution is 2.65. The summed E-state index contributed by atoms with van der Waals surface area (Å²) in [6.45, 7) is 2.58. The molecule has 2 aromatic carbocycles. The van der Waals surface area contributed by atoms with Gasteiger partial charge in [0.2, 0.25) is 0 Å². The molecule has 0 N–H and O–H groups in total. The minimum Gasteiger partial charge on any atom is -0.490 e. The van der Waals surface area contributed by atoms with E-state index in [1.807, 2.05) is 19.1 Å². The van der Waals surface area contributed by atoms with Crippen LogP contribution in [0, 0.1) is 39.1 Å². The van der Waals surface area contributed by atoms with E-state index in [9.17, 15) is 9.59 Å². The highest BCUT2D eigenvalue weighted by atomic mass is 127. The van der Waals surface area contributed by atoms with Crippen LogP contribution in [0.15, 0.2) is 47.6 Å². The lowest BCUT2D eigenvalue weighted by Crippen LogP contribution is -2.40. The minimum absolute atomic E-state index is 0.175. The summed E-state index contributed by atoms with van der Waals surface area (Å²) in [5, 5.41) is 6.53. The van der Waals surface area contributed by atoms with Crippen molar-refractivity contribution >= 4 is 63.8 Å². The highest BCUT2D eigenvalue weighted by molar-refractivity contribution is 14.1. The lowest BCUT2D eigenvalue weighted by molar-refractivity contribution is -0.140. The van der Waals surface area contributed by atoms with Crippen molar-refractivity contribution in [3.63, 3.8) is 0 Å². The fraction of sp³-hybridized carbons (Fsp3) is 0.370. The third-order valence-electron chi connectivity index (χ3n) is 7.68. The van der Waals surface area contributed by atoms with E-state index >= 15 is 0 Å². The van der Waals surface area contributed by atoms with Gasteiger partial charge in [-0.3, -0.25) is 9.59 Å². The maximum Gasteiger partial charge on any atom is 0.254 e. The van der Waals surface area contributed by atoms with Crippen LogP contribution >= 0.6 is 45.8 Å². The van der Waals surface area contributed by atoms with Crippen LogP contribution in [0.25, 0.3) is 0 Å². The quantitative estimate of drug-likeness (QED) is 0.163.